The molecule has 3 heterocycles. The Balaban J connectivity index is 1.75. The molecule has 0 spiro atoms. The van der Waals surface area contributed by atoms with Gasteiger partial charge in [0.15, 0.2) is 10.3 Å². The van der Waals surface area contributed by atoms with Crippen molar-refractivity contribution in [2.45, 2.75) is 19.0 Å². The van der Waals surface area contributed by atoms with E-state index in [9.17, 15) is 9.59 Å². The number of aromatic nitrogens is 3. The SMILES string of the molecule is Cc1sc2nc(SCC(=O)Nc3nccs3)n(-c3ccc(Cl)cc3)c(=O)c2c1C. The highest BCUT2D eigenvalue weighted by molar-refractivity contribution is 7.99. The fourth-order valence-electron chi connectivity index (χ4n) is 2.76. The van der Waals surface area contributed by atoms with Gasteiger partial charge in [0.1, 0.15) is 4.83 Å². The number of thiazole rings is 1. The van der Waals surface area contributed by atoms with Crippen molar-refractivity contribution in [3.63, 3.8) is 0 Å². The van der Waals surface area contributed by atoms with Gasteiger partial charge in [-0.05, 0) is 43.7 Å². The van der Waals surface area contributed by atoms with E-state index in [2.05, 4.69) is 10.3 Å². The summed E-state index contributed by atoms with van der Waals surface area (Å²) < 4.78 is 1.54. The number of thioether (sulfide) groups is 1. The number of carbonyl (C=O) groups is 1. The normalized spacial score (nSPS) is 11.1. The monoisotopic (exact) mass is 462 g/mol. The van der Waals surface area contributed by atoms with Crippen molar-refractivity contribution >= 4 is 67.3 Å². The zero-order valence-electron chi connectivity index (χ0n) is 15.4. The van der Waals surface area contributed by atoms with Gasteiger partial charge in [-0.3, -0.25) is 14.2 Å². The average molecular weight is 463 g/mol. The highest BCUT2D eigenvalue weighted by Gasteiger charge is 2.19. The molecule has 4 rings (SSSR count). The van der Waals surface area contributed by atoms with Gasteiger partial charge in [0, 0.05) is 21.5 Å². The summed E-state index contributed by atoms with van der Waals surface area (Å²) in [6.45, 7) is 3.90. The maximum absolute atomic E-state index is 13.3. The molecule has 148 valence electrons. The number of fused-ring (bicyclic) bond motifs is 1. The maximum atomic E-state index is 13.3. The highest BCUT2D eigenvalue weighted by atomic mass is 35.5. The minimum absolute atomic E-state index is 0.106. The summed E-state index contributed by atoms with van der Waals surface area (Å²) >= 11 is 10.1. The van der Waals surface area contributed by atoms with Crippen LogP contribution >= 0.6 is 46.0 Å². The van der Waals surface area contributed by atoms with Crippen LogP contribution in [-0.2, 0) is 4.79 Å². The van der Waals surface area contributed by atoms with Crippen molar-refractivity contribution < 1.29 is 4.79 Å². The molecule has 1 amide bonds. The summed E-state index contributed by atoms with van der Waals surface area (Å²) in [5.41, 5.74) is 1.44. The number of rotatable bonds is 5. The summed E-state index contributed by atoms with van der Waals surface area (Å²) in [5.74, 6) is -0.102. The first-order valence-electron chi connectivity index (χ1n) is 8.55. The van der Waals surface area contributed by atoms with Gasteiger partial charge >= 0.3 is 0 Å². The fraction of sp³-hybridized carbons (Fsp3) is 0.158. The molecule has 0 aliphatic rings. The van der Waals surface area contributed by atoms with Crippen molar-refractivity contribution in [2.75, 3.05) is 11.1 Å². The molecule has 0 fully saturated rings. The van der Waals surface area contributed by atoms with Crippen LogP contribution in [0.25, 0.3) is 15.9 Å². The molecule has 0 saturated carbocycles. The largest absolute Gasteiger partial charge is 0.301 e. The van der Waals surface area contributed by atoms with Crippen LogP contribution in [0.4, 0.5) is 5.13 Å². The minimum Gasteiger partial charge on any atom is -0.301 e. The first-order valence-corrected chi connectivity index (χ1v) is 11.6. The van der Waals surface area contributed by atoms with Gasteiger partial charge in [0.2, 0.25) is 5.91 Å². The number of aryl methyl sites for hydroxylation is 2. The van der Waals surface area contributed by atoms with E-state index < -0.39 is 0 Å². The zero-order chi connectivity index (χ0) is 20.5. The van der Waals surface area contributed by atoms with E-state index in [1.165, 1.54) is 34.4 Å². The number of thiophene rings is 1. The van der Waals surface area contributed by atoms with E-state index in [1.807, 2.05) is 13.8 Å². The highest BCUT2D eigenvalue weighted by Crippen LogP contribution is 2.30. The summed E-state index contributed by atoms with van der Waals surface area (Å²) in [5, 5.41) is 6.72. The van der Waals surface area contributed by atoms with Crippen LogP contribution in [0, 0.1) is 13.8 Å². The molecule has 6 nitrogen and oxygen atoms in total. The van der Waals surface area contributed by atoms with Crippen molar-refractivity contribution in [3.8, 4) is 5.69 Å². The lowest BCUT2D eigenvalue weighted by Gasteiger charge is -2.12. The second-order valence-corrected chi connectivity index (χ2v) is 9.63. The summed E-state index contributed by atoms with van der Waals surface area (Å²) in [4.78, 5) is 36.1. The fourth-order valence-corrected chi connectivity index (χ4v) is 5.31. The topological polar surface area (TPSA) is 76.9 Å². The first kappa shape index (κ1) is 20.1. The second kappa shape index (κ2) is 8.27. The second-order valence-electron chi connectivity index (χ2n) is 6.15. The van der Waals surface area contributed by atoms with E-state index in [-0.39, 0.29) is 17.2 Å². The van der Waals surface area contributed by atoms with Crippen LogP contribution in [-0.4, -0.2) is 26.2 Å². The van der Waals surface area contributed by atoms with Gasteiger partial charge in [-0.15, -0.1) is 22.7 Å². The van der Waals surface area contributed by atoms with Crippen molar-refractivity contribution in [3.05, 3.63) is 61.7 Å². The molecule has 10 heteroatoms. The third kappa shape index (κ3) is 4.09. The number of halogens is 1. The summed E-state index contributed by atoms with van der Waals surface area (Å²) in [6, 6.07) is 6.99. The van der Waals surface area contributed by atoms with E-state index >= 15 is 0 Å². The van der Waals surface area contributed by atoms with E-state index in [4.69, 9.17) is 16.6 Å². The lowest BCUT2D eigenvalue weighted by Crippen LogP contribution is -2.22. The number of nitrogens with zero attached hydrogens (tertiary/aromatic N) is 3. The van der Waals surface area contributed by atoms with Crippen LogP contribution in [0.15, 0.2) is 45.8 Å². The van der Waals surface area contributed by atoms with Crippen molar-refractivity contribution in [2.24, 2.45) is 0 Å². The van der Waals surface area contributed by atoms with Gasteiger partial charge in [-0.25, -0.2) is 9.97 Å². The Morgan fingerprint density at radius 2 is 2.03 bits per heavy atom. The predicted molar refractivity (Wildman–Crippen MR) is 121 cm³/mol. The number of anilines is 1. The molecular weight excluding hydrogens is 448 g/mol. The number of nitrogens with one attached hydrogen (secondary N) is 1. The van der Waals surface area contributed by atoms with Crippen LogP contribution in [0.3, 0.4) is 0 Å². The molecule has 4 aromatic rings. The van der Waals surface area contributed by atoms with E-state index in [1.54, 1.807) is 40.4 Å². The predicted octanol–water partition coefficient (Wildman–Crippen LogP) is 4.90. The molecule has 1 aromatic carbocycles. The summed E-state index contributed by atoms with van der Waals surface area (Å²) in [7, 11) is 0. The Labute approximate surface area is 183 Å². The molecule has 0 bridgehead atoms. The van der Waals surface area contributed by atoms with Gasteiger partial charge in [0.25, 0.3) is 5.56 Å². The van der Waals surface area contributed by atoms with E-state index in [0.29, 0.717) is 31.2 Å². The Morgan fingerprint density at radius 1 is 1.28 bits per heavy atom. The molecule has 0 unspecified atom stereocenters. The minimum atomic E-state index is -0.208. The number of hydrogen-bond acceptors (Lipinski definition) is 7. The van der Waals surface area contributed by atoms with Gasteiger partial charge in [0.05, 0.1) is 16.8 Å². The molecule has 0 radical (unpaired) electrons. The Bertz CT molecular complexity index is 1250. The number of amides is 1. The zero-order valence-corrected chi connectivity index (χ0v) is 18.6. The molecule has 29 heavy (non-hydrogen) atoms. The number of carbonyl (C=O) groups excluding carboxylic acids is 1. The average Bonchev–Trinajstić information content (AvgIpc) is 3.29. The third-order valence-electron chi connectivity index (χ3n) is 4.27. The van der Waals surface area contributed by atoms with E-state index in [0.717, 1.165) is 10.4 Å². The Kier molecular flexibility index (Phi) is 5.73. The van der Waals surface area contributed by atoms with Gasteiger partial charge < -0.3 is 5.32 Å². The van der Waals surface area contributed by atoms with Gasteiger partial charge in [-0.1, -0.05) is 23.4 Å². The molecule has 3 aromatic heterocycles. The number of benzene rings is 1. The molecular formula is C19H15ClN4O2S3. The lowest BCUT2D eigenvalue weighted by atomic mass is 10.2. The van der Waals surface area contributed by atoms with Crippen molar-refractivity contribution in [1.82, 2.24) is 14.5 Å². The quantitative estimate of drug-likeness (QED) is 0.337. The molecule has 1 N–H and O–H groups in total. The van der Waals surface area contributed by atoms with Crippen LogP contribution in [0.5, 0.6) is 0 Å². The van der Waals surface area contributed by atoms with Crippen molar-refractivity contribution in [1.29, 1.82) is 0 Å². The maximum Gasteiger partial charge on any atom is 0.267 e. The first-order chi connectivity index (χ1) is 13.9. The molecule has 0 atom stereocenters. The molecule has 0 aliphatic carbocycles. The lowest BCUT2D eigenvalue weighted by molar-refractivity contribution is -0.113. The summed E-state index contributed by atoms with van der Waals surface area (Å²) in [6.07, 6.45) is 1.63. The van der Waals surface area contributed by atoms with Gasteiger partial charge in [-0.2, -0.15) is 0 Å². The third-order valence-corrected chi connectivity index (χ3v) is 7.25. The molecule has 0 saturated heterocycles. The van der Waals surface area contributed by atoms with Crippen LogP contribution in [0.1, 0.15) is 10.4 Å². The Morgan fingerprint density at radius 3 is 2.72 bits per heavy atom. The van der Waals surface area contributed by atoms with Crippen LogP contribution in [0.2, 0.25) is 5.02 Å². The number of hydrogen-bond donors (Lipinski definition) is 1. The standard InChI is InChI=1S/C19H15ClN4O2S3/c1-10-11(2)29-16-15(10)17(26)24(13-5-3-12(20)4-6-13)19(23-16)28-9-14(25)22-18-21-7-8-27-18/h3-8H,9H2,1-2H3,(H,21,22,25). The van der Waals surface area contributed by atoms with Crippen LogP contribution < -0.4 is 10.9 Å². The molecule has 0 aliphatic heterocycles. The Hall–Kier alpha value is -2.20. The smallest absolute Gasteiger partial charge is 0.267 e.